The second-order valence-electron chi connectivity index (χ2n) is 4.11. The lowest BCUT2D eigenvalue weighted by atomic mass is 10.0. The lowest BCUT2D eigenvalue weighted by Crippen LogP contribution is -2.25. The fourth-order valence-electron chi connectivity index (χ4n) is 1.78. The number of aromatic nitrogens is 1. The van der Waals surface area contributed by atoms with Crippen molar-refractivity contribution in [3.8, 4) is 0 Å². The van der Waals surface area contributed by atoms with Crippen molar-refractivity contribution in [1.29, 1.82) is 0 Å². The van der Waals surface area contributed by atoms with Crippen molar-refractivity contribution in [3.05, 3.63) is 51.7 Å². The molecule has 0 saturated heterocycles. The van der Waals surface area contributed by atoms with Gasteiger partial charge in [-0.15, -0.1) is 11.3 Å². The molecule has 2 rings (SSSR count). The molecule has 1 aromatic carbocycles. The summed E-state index contributed by atoms with van der Waals surface area (Å²) in [5.41, 5.74) is 6.71. The van der Waals surface area contributed by atoms with Crippen molar-refractivity contribution >= 4 is 11.3 Å². The van der Waals surface area contributed by atoms with Gasteiger partial charge in [0.1, 0.15) is 5.82 Å². The number of nitrogens with zero attached hydrogens (tertiary/aromatic N) is 1. The highest BCUT2D eigenvalue weighted by Gasteiger charge is 2.10. The molecule has 0 aliphatic carbocycles. The van der Waals surface area contributed by atoms with Gasteiger partial charge in [0.05, 0.1) is 5.01 Å². The van der Waals surface area contributed by atoms with E-state index in [-0.39, 0.29) is 11.9 Å². The third kappa shape index (κ3) is 3.35. The second-order valence-corrected chi connectivity index (χ2v) is 5.42. The Balaban J connectivity index is 1.98. The first-order valence-electron chi connectivity index (χ1n) is 5.55. The Hall–Kier alpha value is -1.26. The quantitative estimate of drug-likeness (QED) is 0.906. The minimum absolute atomic E-state index is 0.0632. The molecule has 2 aromatic rings. The molecule has 4 heteroatoms. The Kier molecular flexibility index (Phi) is 3.86. The van der Waals surface area contributed by atoms with Gasteiger partial charge in [-0.1, -0.05) is 18.2 Å². The van der Waals surface area contributed by atoms with Gasteiger partial charge in [-0.05, 0) is 31.4 Å². The van der Waals surface area contributed by atoms with Crippen LogP contribution in [0.4, 0.5) is 4.39 Å². The smallest absolute Gasteiger partial charge is 0.126 e. The molecule has 0 radical (unpaired) electrons. The Morgan fingerprint density at radius 2 is 2.12 bits per heavy atom. The number of rotatable bonds is 4. The van der Waals surface area contributed by atoms with Crippen LogP contribution in [0, 0.1) is 12.7 Å². The number of aryl methyl sites for hydroxylation is 1. The van der Waals surface area contributed by atoms with Crippen molar-refractivity contribution in [1.82, 2.24) is 4.98 Å². The zero-order chi connectivity index (χ0) is 12.3. The summed E-state index contributed by atoms with van der Waals surface area (Å²) < 4.78 is 13.4. The third-order valence-corrected chi connectivity index (χ3v) is 3.51. The lowest BCUT2D eigenvalue weighted by molar-refractivity contribution is 0.585. The van der Waals surface area contributed by atoms with Gasteiger partial charge >= 0.3 is 0 Å². The zero-order valence-corrected chi connectivity index (χ0v) is 10.5. The molecule has 17 heavy (non-hydrogen) atoms. The van der Waals surface area contributed by atoms with E-state index in [0.717, 1.165) is 16.3 Å². The molecule has 2 N–H and O–H groups in total. The fraction of sp³-hybridized carbons (Fsp3) is 0.308. The summed E-state index contributed by atoms with van der Waals surface area (Å²) in [6, 6.07) is 6.72. The Labute approximate surface area is 104 Å². The van der Waals surface area contributed by atoms with Gasteiger partial charge < -0.3 is 5.73 Å². The minimum atomic E-state index is -0.177. The summed E-state index contributed by atoms with van der Waals surface area (Å²) >= 11 is 1.65. The van der Waals surface area contributed by atoms with Gasteiger partial charge in [-0.3, -0.25) is 0 Å². The standard InChI is InChI=1S/C13H15FN2S/c1-9-16-8-12(17-9)7-11(15)6-10-4-2-3-5-13(10)14/h2-5,8,11H,6-7,15H2,1H3. The predicted octanol–water partition coefficient (Wildman–Crippen LogP) is 2.70. The van der Waals surface area contributed by atoms with Gasteiger partial charge in [-0.2, -0.15) is 0 Å². The molecule has 0 aliphatic heterocycles. The van der Waals surface area contributed by atoms with E-state index in [1.54, 1.807) is 23.5 Å². The number of halogens is 1. The molecule has 0 amide bonds. The van der Waals surface area contributed by atoms with E-state index in [1.807, 2.05) is 19.2 Å². The molecule has 1 unspecified atom stereocenters. The molecule has 0 saturated carbocycles. The summed E-state index contributed by atoms with van der Waals surface area (Å²) in [5, 5.41) is 1.04. The Morgan fingerprint density at radius 1 is 1.35 bits per heavy atom. The van der Waals surface area contributed by atoms with E-state index >= 15 is 0 Å². The van der Waals surface area contributed by atoms with Crippen molar-refractivity contribution in [3.63, 3.8) is 0 Å². The van der Waals surface area contributed by atoms with E-state index in [4.69, 9.17) is 5.73 Å². The van der Waals surface area contributed by atoms with Crippen LogP contribution in [0.15, 0.2) is 30.5 Å². The number of hydrogen-bond acceptors (Lipinski definition) is 3. The van der Waals surface area contributed by atoms with Crippen LogP contribution >= 0.6 is 11.3 Å². The van der Waals surface area contributed by atoms with Gasteiger partial charge in [0.2, 0.25) is 0 Å². The highest BCUT2D eigenvalue weighted by molar-refractivity contribution is 7.11. The van der Waals surface area contributed by atoms with Gasteiger partial charge in [-0.25, -0.2) is 9.37 Å². The maximum Gasteiger partial charge on any atom is 0.126 e. The highest BCUT2D eigenvalue weighted by Crippen LogP contribution is 2.15. The molecular formula is C13H15FN2S. The average Bonchev–Trinajstić information content (AvgIpc) is 2.67. The van der Waals surface area contributed by atoms with E-state index in [0.29, 0.717) is 12.0 Å². The van der Waals surface area contributed by atoms with Crippen LogP contribution in [0.2, 0.25) is 0 Å². The van der Waals surface area contributed by atoms with Crippen molar-refractivity contribution < 1.29 is 4.39 Å². The fourth-order valence-corrected chi connectivity index (χ4v) is 2.66. The molecule has 0 aliphatic rings. The maximum absolute atomic E-state index is 13.4. The molecule has 1 aromatic heterocycles. The first kappa shape index (κ1) is 12.2. The van der Waals surface area contributed by atoms with Crippen molar-refractivity contribution in [2.24, 2.45) is 5.73 Å². The van der Waals surface area contributed by atoms with Gasteiger partial charge in [0.25, 0.3) is 0 Å². The van der Waals surface area contributed by atoms with Crippen LogP contribution in [-0.2, 0) is 12.8 Å². The molecule has 0 spiro atoms. The van der Waals surface area contributed by atoms with Crippen LogP contribution in [0.3, 0.4) is 0 Å². The number of thiazole rings is 1. The van der Waals surface area contributed by atoms with Crippen LogP contribution in [0.25, 0.3) is 0 Å². The topological polar surface area (TPSA) is 38.9 Å². The first-order chi connectivity index (χ1) is 8.15. The lowest BCUT2D eigenvalue weighted by Gasteiger charge is -2.10. The molecule has 1 heterocycles. The summed E-state index contributed by atoms with van der Waals surface area (Å²) in [6.45, 7) is 1.97. The number of benzene rings is 1. The summed E-state index contributed by atoms with van der Waals surface area (Å²) in [4.78, 5) is 5.34. The van der Waals surface area contributed by atoms with Crippen LogP contribution in [0.5, 0.6) is 0 Å². The van der Waals surface area contributed by atoms with Crippen LogP contribution in [0.1, 0.15) is 15.4 Å². The third-order valence-electron chi connectivity index (χ3n) is 2.57. The number of hydrogen-bond donors (Lipinski definition) is 1. The van der Waals surface area contributed by atoms with Gasteiger partial charge in [0, 0.05) is 17.1 Å². The summed E-state index contributed by atoms with van der Waals surface area (Å²) in [7, 11) is 0. The number of nitrogens with two attached hydrogens (primary N) is 1. The summed E-state index contributed by atoms with van der Waals surface area (Å²) in [6.07, 6.45) is 3.16. The molecule has 2 nitrogen and oxygen atoms in total. The van der Waals surface area contributed by atoms with E-state index in [2.05, 4.69) is 4.98 Å². The molecule has 1 atom stereocenters. The highest BCUT2D eigenvalue weighted by atomic mass is 32.1. The largest absolute Gasteiger partial charge is 0.327 e. The van der Waals surface area contributed by atoms with Crippen molar-refractivity contribution in [2.45, 2.75) is 25.8 Å². The molecule has 0 fully saturated rings. The van der Waals surface area contributed by atoms with E-state index < -0.39 is 0 Å². The van der Waals surface area contributed by atoms with Gasteiger partial charge in [0.15, 0.2) is 0 Å². The average molecular weight is 250 g/mol. The SMILES string of the molecule is Cc1ncc(CC(N)Cc2ccccc2F)s1. The van der Waals surface area contributed by atoms with E-state index in [1.165, 1.54) is 6.07 Å². The Bertz CT molecular complexity index is 496. The second kappa shape index (κ2) is 5.38. The predicted molar refractivity (Wildman–Crippen MR) is 68.6 cm³/mol. The van der Waals surface area contributed by atoms with E-state index in [9.17, 15) is 4.39 Å². The van der Waals surface area contributed by atoms with Crippen LogP contribution < -0.4 is 5.73 Å². The maximum atomic E-state index is 13.4. The van der Waals surface area contributed by atoms with Crippen LogP contribution in [-0.4, -0.2) is 11.0 Å². The first-order valence-corrected chi connectivity index (χ1v) is 6.37. The minimum Gasteiger partial charge on any atom is -0.327 e. The molecule has 0 bridgehead atoms. The Morgan fingerprint density at radius 3 is 2.76 bits per heavy atom. The monoisotopic (exact) mass is 250 g/mol. The molecule has 90 valence electrons. The molecular weight excluding hydrogens is 235 g/mol. The normalized spacial score (nSPS) is 12.6. The summed E-state index contributed by atoms with van der Waals surface area (Å²) in [5.74, 6) is -0.177. The zero-order valence-electron chi connectivity index (χ0n) is 9.69. The van der Waals surface area contributed by atoms with Crippen molar-refractivity contribution in [2.75, 3.05) is 0 Å².